The van der Waals surface area contributed by atoms with E-state index in [2.05, 4.69) is 10.3 Å². The lowest BCUT2D eigenvalue weighted by Gasteiger charge is -2.23. The lowest BCUT2D eigenvalue weighted by molar-refractivity contribution is -0.118. The number of pyridine rings is 1. The maximum absolute atomic E-state index is 13.5. The number of benzene rings is 3. The normalized spacial score (nSPS) is 14.3. The van der Waals surface area contributed by atoms with Gasteiger partial charge in [-0.15, -0.1) is 0 Å². The Morgan fingerprint density at radius 1 is 0.865 bits per heavy atom. The molecule has 1 aliphatic carbocycles. The van der Waals surface area contributed by atoms with E-state index in [0.717, 1.165) is 29.5 Å². The first kappa shape index (κ1) is 25.1. The maximum atomic E-state index is 13.5. The molecule has 0 aliphatic heterocycles. The van der Waals surface area contributed by atoms with Gasteiger partial charge < -0.3 is 5.32 Å². The van der Waals surface area contributed by atoms with Gasteiger partial charge in [-0.1, -0.05) is 60.1 Å². The standard InChI is InChI=1S/C29H26ClN3O3S/c30-25-10-14-27(15-11-25)37(35,36)33(21-23-5-4-18-31-19-23)20-22-8-12-26(13-9-22)32-28(34)29(16-17-29)24-6-2-1-3-7-24/h1-15,18-19H,16-17,20-21H2,(H,32,34). The number of hydrogen-bond acceptors (Lipinski definition) is 4. The Balaban J connectivity index is 1.34. The Morgan fingerprint density at radius 3 is 2.16 bits per heavy atom. The Kier molecular flexibility index (Phi) is 7.11. The zero-order valence-corrected chi connectivity index (χ0v) is 21.6. The fraction of sp³-hybridized carbons (Fsp3) is 0.172. The highest BCUT2D eigenvalue weighted by molar-refractivity contribution is 7.89. The summed E-state index contributed by atoms with van der Waals surface area (Å²) in [4.78, 5) is 17.3. The van der Waals surface area contributed by atoms with E-state index in [9.17, 15) is 13.2 Å². The van der Waals surface area contributed by atoms with Crippen molar-refractivity contribution in [2.75, 3.05) is 5.32 Å². The number of aromatic nitrogens is 1. The molecule has 1 amide bonds. The van der Waals surface area contributed by atoms with Gasteiger partial charge in [0.1, 0.15) is 0 Å². The molecule has 0 unspecified atom stereocenters. The lowest BCUT2D eigenvalue weighted by atomic mass is 9.95. The van der Waals surface area contributed by atoms with Crippen molar-refractivity contribution >= 4 is 33.2 Å². The van der Waals surface area contributed by atoms with Crippen LogP contribution in [0.2, 0.25) is 5.02 Å². The summed E-state index contributed by atoms with van der Waals surface area (Å²) in [5.74, 6) is -0.0185. The molecule has 37 heavy (non-hydrogen) atoms. The van der Waals surface area contributed by atoms with Crippen molar-refractivity contribution in [3.8, 4) is 0 Å². The summed E-state index contributed by atoms with van der Waals surface area (Å²) in [7, 11) is -3.81. The molecule has 5 rings (SSSR count). The van der Waals surface area contributed by atoms with Crippen LogP contribution < -0.4 is 5.32 Å². The van der Waals surface area contributed by atoms with E-state index in [1.54, 1.807) is 30.6 Å². The van der Waals surface area contributed by atoms with Crippen molar-refractivity contribution in [2.24, 2.45) is 0 Å². The van der Waals surface area contributed by atoms with E-state index in [-0.39, 0.29) is 23.9 Å². The van der Waals surface area contributed by atoms with Gasteiger partial charge in [0, 0.05) is 36.2 Å². The molecule has 3 aromatic carbocycles. The van der Waals surface area contributed by atoms with E-state index >= 15 is 0 Å². The number of nitrogens with one attached hydrogen (secondary N) is 1. The third-order valence-corrected chi connectivity index (χ3v) is 8.67. The minimum Gasteiger partial charge on any atom is -0.325 e. The summed E-state index contributed by atoms with van der Waals surface area (Å²) in [6.45, 7) is 0.318. The zero-order chi connectivity index (χ0) is 25.9. The predicted molar refractivity (Wildman–Crippen MR) is 145 cm³/mol. The van der Waals surface area contributed by atoms with Crippen molar-refractivity contribution in [1.82, 2.24) is 9.29 Å². The smallest absolute Gasteiger partial charge is 0.243 e. The molecule has 1 aliphatic rings. The van der Waals surface area contributed by atoms with Gasteiger partial charge in [-0.3, -0.25) is 9.78 Å². The predicted octanol–water partition coefficient (Wildman–Crippen LogP) is 5.80. The average Bonchev–Trinajstić information content (AvgIpc) is 3.73. The molecule has 1 aromatic heterocycles. The van der Waals surface area contributed by atoms with Crippen LogP contribution in [0.25, 0.3) is 0 Å². The molecule has 6 nitrogen and oxygen atoms in total. The number of sulfonamides is 1. The Morgan fingerprint density at radius 2 is 1.54 bits per heavy atom. The Hall–Kier alpha value is -3.52. The van der Waals surface area contributed by atoms with Crippen LogP contribution in [-0.2, 0) is 33.3 Å². The molecule has 1 heterocycles. The summed E-state index contributed by atoms with van der Waals surface area (Å²) in [6.07, 6.45) is 4.96. The van der Waals surface area contributed by atoms with Crippen LogP contribution in [0.1, 0.15) is 29.5 Å². The average molecular weight is 532 g/mol. The fourth-order valence-electron chi connectivity index (χ4n) is 4.35. The second-order valence-corrected chi connectivity index (χ2v) is 11.6. The number of nitrogens with zero attached hydrogens (tertiary/aromatic N) is 2. The minimum absolute atomic E-state index is 0.0185. The molecule has 1 N–H and O–H groups in total. The van der Waals surface area contributed by atoms with Gasteiger partial charge in [0.15, 0.2) is 0 Å². The topological polar surface area (TPSA) is 79.4 Å². The van der Waals surface area contributed by atoms with Crippen LogP contribution in [0.15, 0.2) is 108 Å². The van der Waals surface area contributed by atoms with Gasteiger partial charge >= 0.3 is 0 Å². The molecule has 0 atom stereocenters. The number of anilines is 1. The van der Waals surface area contributed by atoms with Gasteiger partial charge in [0.05, 0.1) is 10.3 Å². The highest BCUT2D eigenvalue weighted by Gasteiger charge is 2.51. The zero-order valence-electron chi connectivity index (χ0n) is 20.0. The molecule has 0 bridgehead atoms. The monoisotopic (exact) mass is 531 g/mol. The van der Waals surface area contributed by atoms with Gasteiger partial charge in [0.2, 0.25) is 15.9 Å². The van der Waals surface area contributed by atoms with E-state index in [0.29, 0.717) is 10.7 Å². The van der Waals surface area contributed by atoms with Crippen molar-refractivity contribution in [3.05, 3.63) is 125 Å². The maximum Gasteiger partial charge on any atom is 0.243 e. The second-order valence-electron chi connectivity index (χ2n) is 9.19. The number of amides is 1. The highest BCUT2D eigenvalue weighted by Crippen LogP contribution is 2.48. The summed E-state index contributed by atoms with van der Waals surface area (Å²) >= 11 is 5.97. The largest absolute Gasteiger partial charge is 0.325 e. The third-order valence-electron chi connectivity index (χ3n) is 6.61. The first-order valence-electron chi connectivity index (χ1n) is 12.0. The van der Waals surface area contributed by atoms with Crippen molar-refractivity contribution in [3.63, 3.8) is 0 Å². The molecular weight excluding hydrogens is 506 g/mol. The summed E-state index contributed by atoms with van der Waals surface area (Å²) < 4.78 is 28.5. The molecule has 1 fully saturated rings. The molecule has 0 saturated heterocycles. The SMILES string of the molecule is O=C(Nc1ccc(CN(Cc2cccnc2)S(=O)(=O)c2ccc(Cl)cc2)cc1)C1(c2ccccc2)CC1. The number of hydrogen-bond donors (Lipinski definition) is 1. The van der Waals surface area contributed by atoms with Crippen molar-refractivity contribution in [2.45, 2.75) is 36.2 Å². The Bertz CT molecular complexity index is 1470. The van der Waals surface area contributed by atoms with E-state index < -0.39 is 15.4 Å². The molecule has 8 heteroatoms. The van der Waals surface area contributed by atoms with Crippen LogP contribution in [0.3, 0.4) is 0 Å². The molecule has 1 saturated carbocycles. The van der Waals surface area contributed by atoms with Crippen LogP contribution in [-0.4, -0.2) is 23.6 Å². The van der Waals surface area contributed by atoms with Crippen LogP contribution in [0, 0.1) is 0 Å². The van der Waals surface area contributed by atoms with Gasteiger partial charge in [0.25, 0.3) is 0 Å². The highest BCUT2D eigenvalue weighted by atomic mass is 35.5. The second kappa shape index (κ2) is 10.5. The number of carbonyl (C=O) groups is 1. The van der Waals surface area contributed by atoms with Gasteiger partial charge in [-0.2, -0.15) is 4.31 Å². The fourth-order valence-corrected chi connectivity index (χ4v) is 5.90. The molecule has 0 radical (unpaired) electrons. The molecular formula is C29H26ClN3O3S. The third kappa shape index (κ3) is 5.59. The minimum atomic E-state index is -3.81. The van der Waals surface area contributed by atoms with Crippen molar-refractivity contribution < 1.29 is 13.2 Å². The first-order chi connectivity index (χ1) is 17.9. The van der Waals surface area contributed by atoms with Crippen LogP contribution in [0.5, 0.6) is 0 Å². The molecule has 188 valence electrons. The quantitative estimate of drug-likeness (QED) is 0.296. The molecule has 0 spiro atoms. The van der Waals surface area contributed by atoms with Crippen LogP contribution >= 0.6 is 11.6 Å². The first-order valence-corrected chi connectivity index (χ1v) is 13.8. The molecule has 4 aromatic rings. The van der Waals surface area contributed by atoms with Gasteiger partial charge in [-0.05, 0) is 72.0 Å². The number of rotatable bonds is 9. The van der Waals surface area contributed by atoms with E-state index in [1.165, 1.54) is 16.4 Å². The lowest BCUT2D eigenvalue weighted by Crippen LogP contribution is -2.30. The summed E-state index contributed by atoms with van der Waals surface area (Å²) in [5, 5.41) is 3.50. The summed E-state index contributed by atoms with van der Waals surface area (Å²) in [6, 6.07) is 26.9. The number of halogens is 1. The summed E-state index contributed by atoms with van der Waals surface area (Å²) in [5.41, 5.74) is 2.81. The Labute approximate surface area is 222 Å². The van der Waals surface area contributed by atoms with Gasteiger partial charge in [-0.25, -0.2) is 8.42 Å². The van der Waals surface area contributed by atoms with E-state index in [4.69, 9.17) is 11.6 Å². The van der Waals surface area contributed by atoms with E-state index in [1.807, 2.05) is 60.7 Å². The van der Waals surface area contributed by atoms with Crippen molar-refractivity contribution in [1.29, 1.82) is 0 Å². The number of carbonyl (C=O) groups excluding carboxylic acids is 1. The van der Waals surface area contributed by atoms with Crippen LogP contribution in [0.4, 0.5) is 5.69 Å².